The monoisotopic (exact) mass is 332 g/mol. The van der Waals surface area contributed by atoms with Gasteiger partial charge in [-0.15, -0.1) is 0 Å². The lowest BCUT2D eigenvalue weighted by atomic mass is 10.0. The maximum atomic E-state index is 9.34. The minimum absolute atomic E-state index is 0.406. The SMILES string of the molecule is N#C/C(=C(/N)c1cc(Cl)ccc1Br)c1ccccc1. The standard InChI is InChI=1S/C15H10BrClN2/c16-14-7-6-11(17)8-12(14)15(19)13(9-18)10-4-2-1-3-5-10/h1-8H,19H2/b15-13-. The summed E-state index contributed by atoms with van der Waals surface area (Å²) in [6.45, 7) is 0. The van der Waals surface area contributed by atoms with Gasteiger partial charge < -0.3 is 5.73 Å². The van der Waals surface area contributed by atoms with Gasteiger partial charge in [-0.05, 0) is 23.8 Å². The van der Waals surface area contributed by atoms with Crippen molar-refractivity contribution in [2.75, 3.05) is 0 Å². The van der Waals surface area contributed by atoms with Crippen molar-refractivity contribution in [2.45, 2.75) is 0 Å². The van der Waals surface area contributed by atoms with E-state index in [1.54, 1.807) is 12.1 Å². The Morgan fingerprint density at radius 1 is 1.16 bits per heavy atom. The van der Waals surface area contributed by atoms with Crippen molar-refractivity contribution in [3.63, 3.8) is 0 Å². The highest BCUT2D eigenvalue weighted by atomic mass is 79.9. The van der Waals surface area contributed by atoms with Crippen LogP contribution in [0.5, 0.6) is 0 Å². The zero-order chi connectivity index (χ0) is 13.8. The molecule has 0 aliphatic heterocycles. The third-order valence-corrected chi connectivity index (χ3v) is 3.59. The van der Waals surface area contributed by atoms with Gasteiger partial charge in [-0.25, -0.2) is 0 Å². The number of allylic oxidation sites excluding steroid dienone is 1. The number of benzene rings is 2. The second kappa shape index (κ2) is 5.92. The molecule has 0 saturated carbocycles. The molecule has 0 spiro atoms. The van der Waals surface area contributed by atoms with Crippen LogP contribution in [0.1, 0.15) is 11.1 Å². The third-order valence-electron chi connectivity index (χ3n) is 2.66. The second-order valence-electron chi connectivity index (χ2n) is 3.89. The highest BCUT2D eigenvalue weighted by molar-refractivity contribution is 9.10. The van der Waals surface area contributed by atoms with Gasteiger partial charge in [0.15, 0.2) is 0 Å². The first-order valence-electron chi connectivity index (χ1n) is 5.54. The molecule has 0 aliphatic carbocycles. The average Bonchev–Trinajstić information content (AvgIpc) is 2.43. The van der Waals surface area contributed by atoms with Crippen molar-refractivity contribution in [1.82, 2.24) is 0 Å². The molecule has 0 radical (unpaired) electrons. The van der Waals surface area contributed by atoms with Crippen LogP contribution >= 0.6 is 27.5 Å². The summed E-state index contributed by atoms with van der Waals surface area (Å²) in [5, 5.41) is 9.91. The Morgan fingerprint density at radius 3 is 2.47 bits per heavy atom. The highest BCUT2D eigenvalue weighted by Gasteiger charge is 2.11. The van der Waals surface area contributed by atoms with E-state index in [1.165, 1.54) is 0 Å². The fourth-order valence-electron chi connectivity index (χ4n) is 1.72. The first kappa shape index (κ1) is 13.7. The second-order valence-corrected chi connectivity index (χ2v) is 5.18. The van der Waals surface area contributed by atoms with Crippen LogP contribution in [-0.4, -0.2) is 0 Å². The van der Waals surface area contributed by atoms with Crippen molar-refractivity contribution in [3.05, 3.63) is 69.2 Å². The van der Waals surface area contributed by atoms with E-state index in [0.717, 1.165) is 10.0 Å². The smallest absolute Gasteiger partial charge is 0.102 e. The maximum Gasteiger partial charge on any atom is 0.102 e. The summed E-state index contributed by atoms with van der Waals surface area (Å²) in [5.74, 6) is 0. The van der Waals surface area contributed by atoms with E-state index in [-0.39, 0.29) is 0 Å². The number of hydrogen-bond donors (Lipinski definition) is 1. The van der Waals surface area contributed by atoms with E-state index in [1.807, 2.05) is 36.4 Å². The van der Waals surface area contributed by atoms with E-state index in [0.29, 0.717) is 21.9 Å². The van der Waals surface area contributed by atoms with E-state index < -0.39 is 0 Å². The van der Waals surface area contributed by atoms with Crippen LogP contribution in [0.25, 0.3) is 11.3 Å². The Balaban J connectivity index is 2.62. The first-order valence-corrected chi connectivity index (χ1v) is 6.71. The highest BCUT2D eigenvalue weighted by Crippen LogP contribution is 2.29. The molecule has 0 unspecified atom stereocenters. The Morgan fingerprint density at radius 2 is 1.84 bits per heavy atom. The minimum atomic E-state index is 0.406. The molecule has 0 atom stereocenters. The molecule has 0 bridgehead atoms. The van der Waals surface area contributed by atoms with Gasteiger partial charge in [-0.3, -0.25) is 0 Å². The molecule has 2 nitrogen and oxygen atoms in total. The lowest BCUT2D eigenvalue weighted by Gasteiger charge is -2.09. The Hall–Kier alpha value is -1.76. The van der Waals surface area contributed by atoms with E-state index in [4.69, 9.17) is 17.3 Å². The predicted octanol–water partition coefficient (Wildman–Crippen LogP) is 4.45. The molecule has 2 aromatic carbocycles. The molecule has 0 aromatic heterocycles. The van der Waals surface area contributed by atoms with Gasteiger partial charge in [0.2, 0.25) is 0 Å². The van der Waals surface area contributed by atoms with Gasteiger partial charge >= 0.3 is 0 Å². The number of halogens is 2. The van der Waals surface area contributed by atoms with Crippen LogP contribution < -0.4 is 5.73 Å². The van der Waals surface area contributed by atoms with Crippen LogP contribution in [-0.2, 0) is 0 Å². The number of nitrogens with two attached hydrogens (primary N) is 1. The molecule has 2 aromatic rings. The topological polar surface area (TPSA) is 49.8 Å². The fraction of sp³-hybridized carbons (Fsp3) is 0. The molecule has 19 heavy (non-hydrogen) atoms. The molecule has 0 aliphatic rings. The van der Waals surface area contributed by atoms with Gasteiger partial charge in [0.05, 0.1) is 11.3 Å². The van der Waals surface area contributed by atoms with Crippen LogP contribution in [0.4, 0.5) is 0 Å². The molecule has 2 N–H and O–H groups in total. The van der Waals surface area contributed by atoms with Gasteiger partial charge in [0.1, 0.15) is 6.07 Å². The van der Waals surface area contributed by atoms with Crippen LogP contribution in [0, 0.1) is 11.3 Å². The van der Waals surface area contributed by atoms with E-state index in [2.05, 4.69) is 22.0 Å². The average molecular weight is 334 g/mol. The van der Waals surface area contributed by atoms with Crippen molar-refractivity contribution in [1.29, 1.82) is 5.26 Å². The third kappa shape index (κ3) is 2.98. The molecule has 4 heteroatoms. The summed E-state index contributed by atoms with van der Waals surface area (Å²) in [5.41, 5.74) is 8.46. The van der Waals surface area contributed by atoms with Crippen molar-refractivity contribution >= 4 is 38.8 Å². The van der Waals surface area contributed by atoms with Crippen molar-refractivity contribution < 1.29 is 0 Å². The summed E-state index contributed by atoms with van der Waals surface area (Å²) in [6, 6.07) is 16.8. The molecule has 0 heterocycles. The molecule has 0 saturated heterocycles. The van der Waals surface area contributed by atoms with Gasteiger partial charge in [-0.2, -0.15) is 5.26 Å². The molecular weight excluding hydrogens is 324 g/mol. The molecular formula is C15H10BrClN2. The zero-order valence-corrected chi connectivity index (χ0v) is 12.2. The first-order chi connectivity index (χ1) is 9.13. The van der Waals surface area contributed by atoms with Crippen LogP contribution in [0.2, 0.25) is 5.02 Å². The Kier molecular flexibility index (Phi) is 4.26. The van der Waals surface area contributed by atoms with Crippen molar-refractivity contribution in [3.8, 4) is 6.07 Å². The molecule has 2 rings (SSSR count). The number of nitrogens with zero attached hydrogens (tertiary/aromatic N) is 1. The van der Waals surface area contributed by atoms with E-state index in [9.17, 15) is 5.26 Å². The van der Waals surface area contributed by atoms with Crippen molar-refractivity contribution in [2.24, 2.45) is 5.73 Å². The lowest BCUT2D eigenvalue weighted by molar-refractivity contribution is 1.46. The summed E-state index contributed by atoms with van der Waals surface area (Å²) in [6.07, 6.45) is 0. The quantitative estimate of drug-likeness (QED) is 0.652. The molecule has 94 valence electrons. The number of rotatable bonds is 2. The fourth-order valence-corrected chi connectivity index (χ4v) is 2.36. The summed E-state index contributed by atoms with van der Waals surface area (Å²) >= 11 is 9.39. The minimum Gasteiger partial charge on any atom is -0.397 e. The lowest BCUT2D eigenvalue weighted by Crippen LogP contribution is -2.01. The van der Waals surface area contributed by atoms with Gasteiger partial charge in [-0.1, -0.05) is 57.9 Å². The van der Waals surface area contributed by atoms with Crippen LogP contribution in [0.15, 0.2) is 53.0 Å². The largest absolute Gasteiger partial charge is 0.397 e. The number of hydrogen-bond acceptors (Lipinski definition) is 2. The summed E-state index contributed by atoms with van der Waals surface area (Å²) in [7, 11) is 0. The zero-order valence-electron chi connectivity index (χ0n) is 9.90. The number of nitriles is 1. The summed E-state index contributed by atoms with van der Waals surface area (Å²) in [4.78, 5) is 0. The normalized spacial score (nSPS) is 11.6. The van der Waals surface area contributed by atoms with Crippen LogP contribution in [0.3, 0.4) is 0 Å². The summed E-state index contributed by atoms with van der Waals surface area (Å²) < 4.78 is 0.804. The Labute approximate surface area is 125 Å². The molecule has 0 fully saturated rings. The van der Waals surface area contributed by atoms with Gasteiger partial charge in [0.25, 0.3) is 0 Å². The van der Waals surface area contributed by atoms with Gasteiger partial charge in [0, 0.05) is 15.1 Å². The molecule has 0 amide bonds. The maximum absolute atomic E-state index is 9.34. The van der Waals surface area contributed by atoms with E-state index >= 15 is 0 Å². The Bertz CT molecular complexity index is 672. The predicted molar refractivity (Wildman–Crippen MR) is 82.2 cm³/mol.